The zero-order valence-corrected chi connectivity index (χ0v) is 13.5. The minimum absolute atomic E-state index is 0.0940. The lowest BCUT2D eigenvalue weighted by Gasteiger charge is -2.32. The van der Waals surface area contributed by atoms with E-state index in [1.807, 2.05) is 12.3 Å². The number of aromatic nitrogens is 1. The summed E-state index contributed by atoms with van der Waals surface area (Å²) in [6.07, 6.45) is 1.87. The van der Waals surface area contributed by atoms with Crippen LogP contribution in [0, 0.1) is 0 Å². The van der Waals surface area contributed by atoms with Crippen LogP contribution in [0.5, 0.6) is 0 Å². The minimum Gasteiger partial charge on any atom is -0.256 e. The molecule has 1 heteroatoms. The summed E-state index contributed by atoms with van der Waals surface area (Å²) in [5, 5.41) is 0. The molecule has 106 valence electrons. The minimum atomic E-state index is 0.0940. The predicted molar refractivity (Wildman–Crippen MR) is 87.1 cm³/mol. The van der Waals surface area contributed by atoms with E-state index in [0.717, 1.165) is 5.69 Å². The summed E-state index contributed by atoms with van der Waals surface area (Å²) in [5.41, 5.74) is 5.36. The van der Waals surface area contributed by atoms with Crippen LogP contribution in [0.15, 0.2) is 42.6 Å². The van der Waals surface area contributed by atoms with Gasteiger partial charge in [-0.2, -0.15) is 0 Å². The monoisotopic (exact) mass is 267 g/mol. The van der Waals surface area contributed by atoms with Gasteiger partial charge in [-0.25, -0.2) is 0 Å². The molecule has 2 aromatic rings. The van der Waals surface area contributed by atoms with Gasteiger partial charge in [0.1, 0.15) is 0 Å². The van der Waals surface area contributed by atoms with E-state index in [-0.39, 0.29) is 10.8 Å². The predicted octanol–water partition coefficient (Wildman–Crippen LogP) is 5.34. The number of rotatable bonds is 1. The molecule has 1 aromatic carbocycles. The van der Waals surface area contributed by atoms with Gasteiger partial charge in [-0.05, 0) is 34.1 Å². The van der Waals surface area contributed by atoms with E-state index in [1.165, 1.54) is 16.7 Å². The third-order valence-electron chi connectivity index (χ3n) is 3.56. The third kappa shape index (κ3) is 2.92. The molecule has 0 aliphatic heterocycles. The topological polar surface area (TPSA) is 12.9 Å². The molecule has 2 rings (SSSR count). The van der Waals surface area contributed by atoms with Gasteiger partial charge in [0.25, 0.3) is 0 Å². The first-order valence-corrected chi connectivity index (χ1v) is 7.26. The lowest BCUT2D eigenvalue weighted by atomic mass is 9.73. The fraction of sp³-hybridized carbons (Fsp3) is 0.421. The van der Waals surface area contributed by atoms with E-state index in [2.05, 4.69) is 76.9 Å². The van der Waals surface area contributed by atoms with Gasteiger partial charge in [0.05, 0.1) is 5.69 Å². The fourth-order valence-electron chi connectivity index (χ4n) is 2.72. The lowest BCUT2D eigenvalue weighted by Crippen LogP contribution is -2.23. The van der Waals surface area contributed by atoms with Crippen LogP contribution in [0.1, 0.15) is 52.7 Å². The second-order valence-electron chi connectivity index (χ2n) is 7.44. The number of nitrogens with zero attached hydrogens (tertiary/aromatic N) is 1. The molecule has 1 heterocycles. The smallest absolute Gasteiger partial charge is 0.0705 e. The molecule has 1 aromatic heterocycles. The molecule has 0 aliphatic carbocycles. The van der Waals surface area contributed by atoms with Crippen molar-refractivity contribution in [3.8, 4) is 11.3 Å². The van der Waals surface area contributed by atoms with E-state index in [0.29, 0.717) is 0 Å². The van der Waals surface area contributed by atoms with Crippen LogP contribution in [-0.2, 0) is 10.8 Å². The van der Waals surface area contributed by atoms with Crippen molar-refractivity contribution < 1.29 is 0 Å². The van der Waals surface area contributed by atoms with Crippen LogP contribution >= 0.6 is 0 Å². The normalized spacial score (nSPS) is 12.5. The molecule has 0 saturated carbocycles. The summed E-state index contributed by atoms with van der Waals surface area (Å²) in [6, 6.07) is 12.7. The first-order chi connectivity index (χ1) is 9.21. The number of hydrogen-bond donors (Lipinski definition) is 0. The zero-order valence-electron chi connectivity index (χ0n) is 13.5. The van der Waals surface area contributed by atoms with Crippen LogP contribution in [0.3, 0.4) is 0 Å². The van der Waals surface area contributed by atoms with Gasteiger partial charge < -0.3 is 0 Å². The van der Waals surface area contributed by atoms with E-state index in [1.54, 1.807) is 0 Å². The van der Waals surface area contributed by atoms with Crippen molar-refractivity contribution in [2.24, 2.45) is 0 Å². The van der Waals surface area contributed by atoms with Crippen molar-refractivity contribution in [2.45, 2.75) is 52.4 Å². The Bertz CT molecular complexity index is 583. The molecule has 0 unspecified atom stereocenters. The molecule has 0 aliphatic rings. The Morgan fingerprint density at radius 1 is 0.750 bits per heavy atom. The summed E-state index contributed by atoms with van der Waals surface area (Å²) in [5.74, 6) is 0. The Labute approximate surface area is 123 Å². The molecule has 1 nitrogen and oxygen atoms in total. The van der Waals surface area contributed by atoms with Crippen LogP contribution in [0.25, 0.3) is 11.3 Å². The van der Waals surface area contributed by atoms with Crippen molar-refractivity contribution >= 4 is 0 Å². The molecule has 0 atom stereocenters. The van der Waals surface area contributed by atoms with Crippen LogP contribution in [0.2, 0.25) is 0 Å². The first-order valence-electron chi connectivity index (χ1n) is 7.26. The Morgan fingerprint density at radius 3 is 1.95 bits per heavy atom. The summed E-state index contributed by atoms with van der Waals surface area (Å²) in [6.45, 7) is 13.7. The van der Waals surface area contributed by atoms with Gasteiger partial charge in [-0.3, -0.25) is 4.98 Å². The molecular formula is C19H25N. The molecule has 0 saturated heterocycles. The van der Waals surface area contributed by atoms with Crippen LogP contribution < -0.4 is 0 Å². The molecule has 0 N–H and O–H groups in total. The molecule has 0 radical (unpaired) electrons. The van der Waals surface area contributed by atoms with Crippen molar-refractivity contribution in [3.63, 3.8) is 0 Å². The van der Waals surface area contributed by atoms with Crippen molar-refractivity contribution in [2.75, 3.05) is 0 Å². The van der Waals surface area contributed by atoms with Gasteiger partial charge >= 0.3 is 0 Å². The molecular weight excluding hydrogens is 242 g/mol. The van der Waals surface area contributed by atoms with Gasteiger partial charge in [0.15, 0.2) is 0 Å². The van der Waals surface area contributed by atoms with E-state index >= 15 is 0 Å². The van der Waals surface area contributed by atoms with Gasteiger partial charge in [0, 0.05) is 11.8 Å². The average molecular weight is 267 g/mol. The summed E-state index contributed by atoms with van der Waals surface area (Å²) < 4.78 is 0. The van der Waals surface area contributed by atoms with Gasteiger partial charge in [0.2, 0.25) is 0 Å². The Morgan fingerprint density at radius 2 is 1.45 bits per heavy atom. The van der Waals surface area contributed by atoms with Crippen LogP contribution in [-0.4, -0.2) is 4.98 Å². The quantitative estimate of drug-likeness (QED) is 0.679. The second kappa shape index (κ2) is 5.05. The Hall–Kier alpha value is -1.63. The van der Waals surface area contributed by atoms with Crippen molar-refractivity contribution in [1.82, 2.24) is 4.98 Å². The maximum absolute atomic E-state index is 4.55. The molecule has 0 fully saturated rings. The number of benzene rings is 1. The van der Waals surface area contributed by atoms with Crippen molar-refractivity contribution in [3.05, 3.63) is 53.7 Å². The second-order valence-corrected chi connectivity index (χ2v) is 7.44. The number of hydrogen-bond acceptors (Lipinski definition) is 1. The highest BCUT2D eigenvalue weighted by Crippen LogP contribution is 2.39. The molecule has 0 bridgehead atoms. The highest BCUT2D eigenvalue weighted by atomic mass is 14.7. The van der Waals surface area contributed by atoms with E-state index in [9.17, 15) is 0 Å². The molecule has 0 spiro atoms. The average Bonchev–Trinajstić information content (AvgIpc) is 2.37. The molecule has 0 amide bonds. The maximum Gasteiger partial charge on any atom is 0.0705 e. The first kappa shape index (κ1) is 14.8. The number of pyridine rings is 1. The van der Waals surface area contributed by atoms with Crippen LogP contribution in [0.4, 0.5) is 0 Å². The molecule has 20 heavy (non-hydrogen) atoms. The van der Waals surface area contributed by atoms with Gasteiger partial charge in [-0.15, -0.1) is 0 Å². The standard InChI is InChI=1S/C19H25N/c1-18(2,3)15-11-9-10-14(17(15)19(4,5)6)16-12-7-8-13-20-16/h7-13H,1-6H3. The van der Waals surface area contributed by atoms with Crippen molar-refractivity contribution in [1.29, 1.82) is 0 Å². The Kier molecular flexibility index (Phi) is 3.73. The van der Waals surface area contributed by atoms with E-state index < -0.39 is 0 Å². The summed E-state index contributed by atoms with van der Waals surface area (Å²) in [4.78, 5) is 4.55. The maximum atomic E-state index is 4.55. The van der Waals surface area contributed by atoms with Gasteiger partial charge in [-0.1, -0.05) is 65.8 Å². The fourth-order valence-corrected chi connectivity index (χ4v) is 2.72. The lowest BCUT2D eigenvalue weighted by molar-refractivity contribution is 0.531. The highest BCUT2D eigenvalue weighted by Gasteiger charge is 2.28. The summed E-state index contributed by atoms with van der Waals surface area (Å²) in [7, 11) is 0. The zero-order chi connectivity index (χ0) is 15.0. The summed E-state index contributed by atoms with van der Waals surface area (Å²) >= 11 is 0. The SMILES string of the molecule is CC(C)(C)c1cccc(-c2ccccn2)c1C(C)(C)C. The Balaban J connectivity index is 2.77. The van der Waals surface area contributed by atoms with E-state index in [4.69, 9.17) is 0 Å². The largest absolute Gasteiger partial charge is 0.256 e. The highest BCUT2D eigenvalue weighted by molar-refractivity contribution is 5.68. The third-order valence-corrected chi connectivity index (χ3v) is 3.56.